The molecule has 0 spiro atoms. The molecule has 0 aliphatic carbocycles. The second kappa shape index (κ2) is 11.7. The van der Waals surface area contributed by atoms with Gasteiger partial charge in [-0.3, -0.25) is 14.4 Å². The van der Waals surface area contributed by atoms with Crippen LogP contribution in [0.15, 0.2) is 61.1 Å². The number of carbonyl (C=O) groups is 3. The van der Waals surface area contributed by atoms with Crippen LogP contribution in [0.3, 0.4) is 0 Å². The molecule has 34 heavy (non-hydrogen) atoms. The minimum absolute atomic E-state index is 0.0675. The highest BCUT2D eigenvalue weighted by Crippen LogP contribution is 2.23. The maximum absolute atomic E-state index is 12.7. The predicted octanol–water partition coefficient (Wildman–Crippen LogP) is 0.434. The average Bonchev–Trinajstić information content (AvgIpc) is 3.29. The number of amides is 2. The number of aliphatic hydroxyl groups excluding tert-OH is 2. The molecule has 10 heteroatoms. The van der Waals surface area contributed by atoms with Crippen molar-refractivity contribution in [2.75, 3.05) is 19.8 Å². The third-order valence-corrected chi connectivity index (χ3v) is 4.91. The molecule has 0 saturated heterocycles. The summed E-state index contributed by atoms with van der Waals surface area (Å²) in [4.78, 5) is 41.4. The van der Waals surface area contributed by atoms with E-state index in [1.165, 1.54) is 0 Å². The topological polar surface area (TPSA) is 143 Å². The molecular weight excluding hydrogens is 440 g/mol. The number of ether oxygens (including phenoxy) is 1. The van der Waals surface area contributed by atoms with Crippen LogP contribution < -0.4 is 15.4 Å². The fourth-order valence-electron chi connectivity index (χ4n) is 3.16. The van der Waals surface area contributed by atoms with Gasteiger partial charge in [0, 0.05) is 18.8 Å². The highest BCUT2D eigenvalue weighted by atomic mass is 16.5. The van der Waals surface area contributed by atoms with E-state index >= 15 is 0 Å². The highest BCUT2D eigenvalue weighted by molar-refractivity contribution is 6.10. The van der Waals surface area contributed by atoms with Crippen LogP contribution in [0.25, 0.3) is 11.1 Å². The van der Waals surface area contributed by atoms with Gasteiger partial charge < -0.3 is 30.2 Å². The number of ketones is 1. The zero-order chi connectivity index (χ0) is 24.5. The number of carbonyl (C=O) groups excluding carboxylic acids is 3. The highest BCUT2D eigenvalue weighted by Gasteiger charge is 2.28. The molecule has 1 atom stereocenters. The van der Waals surface area contributed by atoms with E-state index in [1.54, 1.807) is 60.5 Å². The normalized spacial score (nSPS) is 11.5. The van der Waals surface area contributed by atoms with E-state index in [0.29, 0.717) is 11.4 Å². The van der Waals surface area contributed by atoms with E-state index in [-0.39, 0.29) is 25.3 Å². The zero-order valence-corrected chi connectivity index (χ0v) is 18.6. The maximum atomic E-state index is 12.7. The van der Waals surface area contributed by atoms with Crippen molar-refractivity contribution >= 4 is 17.6 Å². The summed E-state index contributed by atoms with van der Waals surface area (Å²) in [6.45, 7) is -0.672. The molecule has 0 bridgehead atoms. The molecular formula is C24H26N4O6. The summed E-state index contributed by atoms with van der Waals surface area (Å²) in [6.07, 6.45) is 3.28. The Balaban J connectivity index is 1.64. The lowest BCUT2D eigenvalue weighted by molar-refractivity contribution is -0.132. The Bertz CT molecular complexity index is 1130. The number of aliphatic hydroxyl groups is 2. The molecule has 1 unspecified atom stereocenters. The van der Waals surface area contributed by atoms with Gasteiger partial charge in [0.25, 0.3) is 11.8 Å². The van der Waals surface area contributed by atoms with Crippen molar-refractivity contribution in [2.45, 2.75) is 12.6 Å². The smallest absolute Gasteiger partial charge is 0.252 e. The molecule has 2 aromatic carbocycles. The van der Waals surface area contributed by atoms with E-state index in [1.807, 2.05) is 12.1 Å². The molecule has 1 heterocycles. The van der Waals surface area contributed by atoms with Crippen molar-refractivity contribution in [3.8, 4) is 16.9 Å². The van der Waals surface area contributed by atoms with Crippen molar-refractivity contribution in [3.63, 3.8) is 0 Å². The molecule has 3 aromatic rings. The molecule has 10 nitrogen and oxygen atoms in total. The van der Waals surface area contributed by atoms with Gasteiger partial charge >= 0.3 is 0 Å². The molecule has 178 valence electrons. The quantitative estimate of drug-likeness (QED) is 0.300. The van der Waals surface area contributed by atoms with Crippen LogP contribution in [-0.2, 0) is 23.2 Å². The lowest BCUT2D eigenvalue weighted by Crippen LogP contribution is -2.52. The summed E-state index contributed by atoms with van der Waals surface area (Å²) in [5, 5.41) is 23.0. The summed E-state index contributed by atoms with van der Waals surface area (Å²) >= 11 is 0. The second-order valence-electron chi connectivity index (χ2n) is 7.45. The Hall–Kier alpha value is -4.02. The Morgan fingerprint density at radius 2 is 1.68 bits per heavy atom. The first kappa shape index (κ1) is 24.6. The third-order valence-electron chi connectivity index (χ3n) is 4.91. The lowest BCUT2D eigenvalue weighted by atomic mass is 10.0. The minimum Gasteiger partial charge on any atom is -0.491 e. The van der Waals surface area contributed by atoms with E-state index in [9.17, 15) is 19.5 Å². The maximum Gasteiger partial charge on any atom is 0.252 e. The minimum atomic E-state index is -1.53. The third kappa shape index (κ3) is 6.50. The molecule has 0 radical (unpaired) electrons. The van der Waals surface area contributed by atoms with Crippen LogP contribution >= 0.6 is 0 Å². The largest absolute Gasteiger partial charge is 0.491 e. The fraction of sp³-hybridized carbons (Fsp3) is 0.250. The number of hydrogen-bond acceptors (Lipinski definition) is 7. The first-order chi connectivity index (χ1) is 16.4. The number of benzene rings is 2. The van der Waals surface area contributed by atoms with Gasteiger partial charge in [-0.05, 0) is 35.4 Å². The van der Waals surface area contributed by atoms with Gasteiger partial charge in [0.15, 0.2) is 11.8 Å². The number of Topliss-reactive ketones (excluding diaryl/α,β-unsaturated/α-hetero) is 1. The molecule has 0 saturated carbocycles. The second-order valence-corrected chi connectivity index (χ2v) is 7.45. The first-order valence-corrected chi connectivity index (χ1v) is 10.5. The number of aryl methyl sites for hydroxylation is 1. The first-order valence-electron chi connectivity index (χ1n) is 10.5. The molecule has 4 N–H and O–H groups in total. The number of nitrogens with one attached hydrogen (secondary N) is 2. The van der Waals surface area contributed by atoms with Gasteiger partial charge in [-0.25, -0.2) is 4.98 Å². The zero-order valence-electron chi connectivity index (χ0n) is 18.6. The van der Waals surface area contributed by atoms with Crippen LogP contribution in [0.2, 0.25) is 0 Å². The monoisotopic (exact) mass is 466 g/mol. The lowest BCUT2D eigenvalue weighted by Gasteiger charge is -2.16. The Morgan fingerprint density at radius 3 is 2.24 bits per heavy atom. The van der Waals surface area contributed by atoms with Crippen LogP contribution in [0.5, 0.6) is 5.75 Å². The Kier molecular flexibility index (Phi) is 8.49. The predicted molar refractivity (Wildman–Crippen MR) is 123 cm³/mol. The summed E-state index contributed by atoms with van der Waals surface area (Å²) < 4.78 is 7.05. The average molecular weight is 466 g/mol. The molecule has 0 fully saturated rings. The van der Waals surface area contributed by atoms with Crippen molar-refractivity contribution < 1.29 is 29.3 Å². The molecule has 0 aliphatic rings. The fourth-order valence-corrected chi connectivity index (χ4v) is 3.16. The van der Waals surface area contributed by atoms with Crippen molar-refractivity contribution in [2.24, 2.45) is 7.05 Å². The van der Waals surface area contributed by atoms with Gasteiger partial charge in [0.2, 0.25) is 0 Å². The number of rotatable bonds is 11. The number of imidazole rings is 1. The summed E-state index contributed by atoms with van der Waals surface area (Å²) in [6, 6.07) is 12.4. The molecule has 2 amide bonds. The summed E-state index contributed by atoms with van der Waals surface area (Å²) in [5.41, 5.74) is 2.58. The van der Waals surface area contributed by atoms with Gasteiger partial charge in [-0.1, -0.05) is 24.3 Å². The van der Waals surface area contributed by atoms with Gasteiger partial charge in [0.1, 0.15) is 19.0 Å². The van der Waals surface area contributed by atoms with E-state index in [0.717, 1.165) is 11.1 Å². The Morgan fingerprint density at radius 1 is 1.03 bits per heavy atom. The van der Waals surface area contributed by atoms with Crippen LogP contribution in [0.4, 0.5) is 0 Å². The summed E-state index contributed by atoms with van der Waals surface area (Å²) in [7, 11) is 1.78. The van der Waals surface area contributed by atoms with Gasteiger partial charge in [0.05, 0.1) is 25.2 Å². The van der Waals surface area contributed by atoms with Crippen LogP contribution in [-0.4, -0.2) is 63.2 Å². The van der Waals surface area contributed by atoms with E-state index in [2.05, 4.69) is 15.6 Å². The number of aromatic nitrogens is 2. The van der Waals surface area contributed by atoms with Gasteiger partial charge in [-0.2, -0.15) is 0 Å². The number of hydrogen-bond donors (Lipinski definition) is 4. The molecule has 0 aliphatic heterocycles. The van der Waals surface area contributed by atoms with Crippen molar-refractivity contribution in [3.05, 3.63) is 72.3 Å². The molecule has 1 aromatic heterocycles. The summed E-state index contributed by atoms with van der Waals surface area (Å²) in [5.74, 6) is -1.56. The van der Waals surface area contributed by atoms with Crippen molar-refractivity contribution in [1.82, 2.24) is 20.2 Å². The Labute approximate surface area is 196 Å². The standard InChI is InChI=1S/C24H26N4O6/c1-28-13-19(26-15-28)12-25-24(33)22(21(31)14-30)27-23(32)18-4-2-16(3-5-18)17-6-8-20(9-7-17)34-11-10-29/h2-9,13,15,22,29-30H,10-12,14H2,1H3,(H,25,33)(H,27,32). The van der Waals surface area contributed by atoms with E-state index in [4.69, 9.17) is 9.84 Å². The van der Waals surface area contributed by atoms with Crippen LogP contribution in [0, 0.1) is 0 Å². The molecule has 3 rings (SSSR count). The van der Waals surface area contributed by atoms with E-state index < -0.39 is 30.2 Å². The van der Waals surface area contributed by atoms with Gasteiger partial charge in [-0.15, -0.1) is 0 Å². The van der Waals surface area contributed by atoms with Crippen LogP contribution in [0.1, 0.15) is 16.1 Å². The number of nitrogens with zero attached hydrogens (tertiary/aromatic N) is 2. The SMILES string of the molecule is Cn1cnc(CNC(=O)C(NC(=O)c2ccc(-c3ccc(OCCO)cc3)cc2)C(=O)CO)c1. The van der Waals surface area contributed by atoms with Crippen molar-refractivity contribution in [1.29, 1.82) is 0 Å².